The molecule has 0 amide bonds. The van der Waals surface area contributed by atoms with Gasteiger partial charge in [0.05, 0.1) is 0 Å². The van der Waals surface area contributed by atoms with E-state index in [0.29, 0.717) is 0 Å². The van der Waals surface area contributed by atoms with Crippen molar-refractivity contribution in [2.45, 2.75) is 92.7 Å². The summed E-state index contributed by atoms with van der Waals surface area (Å²) in [7, 11) is 0. The van der Waals surface area contributed by atoms with Gasteiger partial charge in [-0.05, 0) is 0 Å². The molecule has 0 aliphatic heterocycles. The van der Waals surface area contributed by atoms with Crippen LogP contribution in [0.5, 0.6) is 0 Å². The molecular weight excluding hydrogens is 341 g/mol. The summed E-state index contributed by atoms with van der Waals surface area (Å²) in [5, 5.41) is 1.46. The Hall–Kier alpha value is 1.05. The average molecular weight is 376 g/mol. The molecule has 0 saturated heterocycles. The summed E-state index contributed by atoms with van der Waals surface area (Å²) in [6.45, 7) is 14.1. The van der Waals surface area contributed by atoms with Crippen molar-refractivity contribution < 1.29 is 3.76 Å². The maximum absolute atomic E-state index is 6.80. The van der Waals surface area contributed by atoms with E-state index in [1.165, 1.54) is 24.5 Å². The standard InChI is InChI=1S/C15H34Ge2O/c1-9-15(10-2,11-12-16(7)8)18-17(13(3)4)14(5)6/h13-14H,9-12H2,1-8H3. The molecule has 108 valence electrons. The third-order valence-electron chi connectivity index (χ3n) is 3.84. The summed E-state index contributed by atoms with van der Waals surface area (Å²) in [6.07, 6.45) is 3.72. The Bertz CT molecular complexity index is 203. The van der Waals surface area contributed by atoms with Crippen molar-refractivity contribution in [1.29, 1.82) is 0 Å². The summed E-state index contributed by atoms with van der Waals surface area (Å²) in [5.74, 6) is 4.97. The van der Waals surface area contributed by atoms with Crippen LogP contribution in [0.2, 0.25) is 26.3 Å². The Kier molecular flexibility index (Phi) is 9.60. The van der Waals surface area contributed by atoms with Crippen molar-refractivity contribution in [3.63, 3.8) is 0 Å². The van der Waals surface area contributed by atoms with E-state index in [4.69, 9.17) is 3.76 Å². The van der Waals surface area contributed by atoms with Gasteiger partial charge in [-0.15, -0.1) is 0 Å². The Morgan fingerprint density at radius 3 is 1.67 bits per heavy atom. The number of hydrogen-bond acceptors (Lipinski definition) is 1. The number of rotatable bonds is 9. The van der Waals surface area contributed by atoms with E-state index in [0.717, 1.165) is 9.50 Å². The van der Waals surface area contributed by atoms with E-state index < -0.39 is 29.0 Å². The fourth-order valence-corrected chi connectivity index (χ4v) is 10.1. The van der Waals surface area contributed by atoms with Gasteiger partial charge in [0.25, 0.3) is 0 Å². The number of hydrogen-bond donors (Lipinski definition) is 0. The Labute approximate surface area is 125 Å². The molecule has 2 radical (unpaired) electrons. The van der Waals surface area contributed by atoms with Crippen LogP contribution >= 0.6 is 0 Å². The van der Waals surface area contributed by atoms with Crippen LogP contribution in [-0.2, 0) is 3.76 Å². The quantitative estimate of drug-likeness (QED) is 0.482. The molecule has 0 unspecified atom stereocenters. The molecule has 0 heterocycles. The molecule has 0 fully saturated rings. The third kappa shape index (κ3) is 6.47. The molecule has 0 N–H and O–H groups in total. The molecule has 0 aliphatic carbocycles. The minimum absolute atomic E-state index is 0.216. The van der Waals surface area contributed by atoms with Gasteiger partial charge >= 0.3 is 125 Å². The summed E-state index contributed by atoms with van der Waals surface area (Å²) >= 11 is -2.09. The predicted molar refractivity (Wildman–Crippen MR) is 87.3 cm³/mol. The van der Waals surface area contributed by atoms with Crippen molar-refractivity contribution in [2.24, 2.45) is 0 Å². The van der Waals surface area contributed by atoms with E-state index in [9.17, 15) is 0 Å². The monoisotopic (exact) mass is 378 g/mol. The molecule has 0 aromatic heterocycles. The average Bonchev–Trinajstić information content (AvgIpc) is 2.29. The van der Waals surface area contributed by atoms with Crippen LogP contribution in [0, 0.1) is 0 Å². The van der Waals surface area contributed by atoms with Crippen molar-refractivity contribution in [3.8, 4) is 0 Å². The van der Waals surface area contributed by atoms with Crippen molar-refractivity contribution in [1.82, 2.24) is 0 Å². The van der Waals surface area contributed by atoms with Crippen LogP contribution in [0.15, 0.2) is 0 Å². The first-order valence-corrected chi connectivity index (χ1v) is 16.6. The van der Waals surface area contributed by atoms with Crippen LogP contribution < -0.4 is 0 Å². The molecule has 0 aromatic carbocycles. The van der Waals surface area contributed by atoms with Gasteiger partial charge in [0.1, 0.15) is 0 Å². The zero-order valence-corrected chi connectivity index (χ0v) is 18.1. The van der Waals surface area contributed by atoms with Crippen LogP contribution in [0.25, 0.3) is 0 Å². The van der Waals surface area contributed by atoms with Gasteiger partial charge in [-0.2, -0.15) is 0 Å². The fraction of sp³-hybridized carbons (Fsp3) is 1.00. The van der Waals surface area contributed by atoms with Gasteiger partial charge in [-0.25, -0.2) is 0 Å². The van der Waals surface area contributed by atoms with E-state index >= 15 is 0 Å². The zero-order chi connectivity index (χ0) is 14.3. The van der Waals surface area contributed by atoms with E-state index in [1.54, 1.807) is 0 Å². The normalized spacial score (nSPS) is 13.3. The molecule has 0 aromatic rings. The molecule has 0 bridgehead atoms. The van der Waals surface area contributed by atoms with Gasteiger partial charge in [-0.1, -0.05) is 0 Å². The van der Waals surface area contributed by atoms with Crippen LogP contribution in [-0.4, -0.2) is 34.6 Å². The van der Waals surface area contributed by atoms with Crippen LogP contribution in [0.3, 0.4) is 0 Å². The maximum atomic E-state index is 6.80. The molecule has 0 saturated carbocycles. The van der Waals surface area contributed by atoms with Crippen molar-refractivity contribution in [3.05, 3.63) is 0 Å². The summed E-state index contributed by atoms with van der Waals surface area (Å²) in [5.41, 5.74) is 0.216. The first kappa shape index (κ1) is 19.0. The SMILES string of the molecule is CCC(CC)(C[CH2][Ge]([CH3])[CH3])[O][Ge]([CH](C)C)[CH](C)C. The molecule has 0 atom stereocenters. The Morgan fingerprint density at radius 2 is 1.39 bits per heavy atom. The van der Waals surface area contributed by atoms with E-state index in [-0.39, 0.29) is 5.60 Å². The topological polar surface area (TPSA) is 9.23 Å². The Balaban J connectivity index is 4.75. The van der Waals surface area contributed by atoms with E-state index in [2.05, 4.69) is 53.1 Å². The van der Waals surface area contributed by atoms with Gasteiger partial charge in [0.15, 0.2) is 0 Å². The van der Waals surface area contributed by atoms with Gasteiger partial charge in [0.2, 0.25) is 0 Å². The molecular formula is C15H34Ge2O. The molecule has 0 aliphatic rings. The zero-order valence-electron chi connectivity index (χ0n) is 13.9. The fourth-order valence-electron chi connectivity index (χ4n) is 2.43. The first-order chi connectivity index (χ1) is 8.28. The van der Waals surface area contributed by atoms with Gasteiger partial charge in [-0.3, -0.25) is 0 Å². The summed E-state index contributed by atoms with van der Waals surface area (Å²) < 4.78 is 8.36. The second-order valence-corrected chi connectivity index (χ2v) is 19.5. The Morgan fingerprint density at radius 1 is 0.944 bits per heavy atom. The van der Waals surface area contributed by atoms with Gasteiger partial charge < -0.3 is 0 Å². The minimum atomic E-state index is -1.38. The second kappa shape index (κ2) is 9.07. The molecule has 3 heteroatoms. The van der Waals surface area contributed by atoms with E-state index in [1.807, 2.05) is 0 Å². The molecule has 0 rings (SSSR count). The summed E-state index contributed by atoms with van der Waals surface area (Å²) in [4.78, 5) is 0. The third-order valence-corrected chi connectivity index (χ3v) is 12.6. The predicted octanol–water partition coefficient (Wildman–Crippen LogP) is 5.52. The van der Waals surface area contributed by atoms with Gasteiger partial charge in [0, 0.05) is 0 Å². The first-order valence-electron chi connectivity index (χ1n) is 7.62. The van der Waals surface area contributed by atoms with Crippen molar-refractivity contribution in [2.75, 3.05) is 0 Å². The van der Waals surface area contributed by atoms with Crippen LogP contribution in [0.1, 0.15) is 60.8 Å². The molecule has 0 spiro atoms. The van der Waals surface area contributed by atoms with Crippen LogP contribution in [0.4, 0.5) is 0 Å². The summed E-state index contributed by atoms with van der Waals surface area (Å²) in [6, 6.07) is 0. The molecule has 1 nitrogen and oxygen atoms in total. The molecule has 18 heavy (non-hydrogen) atoms. The van der Waals surface area contributed by atoms with Crippen molar-refractivity contribution >= 4 is 29.0 Å². The second-order valence-electron chi connectivity index (χ2n) is 6.41.